The van der Waals surface area contributed by atoms with Gasteiger partial charge < -0.3 is 15.5 Å². The first-order valence-electron chi connectivity index (χ1n) is 12.5. The number of carbonyl (C=O) groups excluding carboxylic acids is 1. The number of hydrogen-bond donors (Lipinski definition) is 3. The number of likely N-dealkylation sites (tertiary alicyclic amines) is 2. The number of aliphatic hydroxyl groups is 2. The van der Waals surface area contributed by atoms with Crippen LogP contribution in [0.3, 0.4) is 0 Å². The van der Waals surface area contributed by atoms with Gasteiger partial charge in [-0.15, -0.1) is 0 Å². The summed E-state index contributed by atoms with van der Waals surface area (Å²) in [6.07, 6.45) is 0.462. The number of nitrogens with zero attached hydrogens (tertiary/aromatic N) is 2. The molecule has 2 saturated heterocycles. The van der Waals surface area contributed by atoms with E-state index in [4.69, 9.17) is 0 Å². The summed E-state index contributed by atoms with van der Waals surface area (Å²) >= 11 is 0. The second-order valence-electron chi connectivity index (χ2n) is 9.50. The van der Waals surface area contributed by atoms with Gasteiger partial charge in [0.2, 0.25) is 0 Å². The van der Waals surface area contributed by atoms with E-state index in [9.17, 15) is 15.0 Å². The molecule has 2 heterocycles. The molecule has 182 valence electrons. The van der Waals surface area contributed by atoms with E-state index in [1.165, 1.54) is 0 Å². The largest absolute Gasteiger partial charge is 0.389 e. The highest BCUT2D eigenvalue weighted by atomic mass is 16.3. The number of carbonyl (C=O) groups is 1. The standard InChI is InChI=1S/C29H33N3O3/c33-26-20-32(29(31-17-7-8-18-31)24-11-5-2-6-12-24)25(27(26)34)19-30-28(35)23-15-13-22(14-16-23)21-9-3-1-4-10-21/h1-6,9-16,25-27,29,33-34H,7-8,17-20H2,(H,30,35). The Morgan fingerprint density at radius 1 is 0.857 bits per heavy atom. The van der Waals surface area contributed by atoms with Crippen LogP contribution in [0.2, 0.25) is 0 Å². The zero-order valence-corrected chi connectivity index (χ0v) is 19.8. The fourth-order valence-corrected chi connectivity index (χ4v) is 5.40. The minimum atomic E-state index is -0.926. The fraction of sp³-hybridized carbons (Fsp3) is 0.345. The van der Waals surface area contributed by atoms with E-state index in [1.54, 1.807) is 0 Å². The van der Waals surface area contributed by atoms with E-state index >= 15 is 0 Å². The average molecular weight is 472 g/mol. The molecule has 0 radical (unpaired) electrons. The molecule has 4 unspecified atom stereocenters. The molecule has 0 spiro atoms. The highest BCUT2D eigenvalue weighted by Gasteiger charge is 2.45. The van der Waals surface area contributed by atoms with E-state index in [0.717, 1.165) is 42.6 Å². The lowest BCUT2D eigenvalue weighted by molar-refractivity contribution is 0.0154. The zero-order chi connectivity index (χ0) is 24.2. The molecule has 1 amide bonds. The Hall–Kier alpha value is -3.03. The second-order valence-corrected chi connectivity index (χ2v) is 9.50. The highest BCUT2D eigenvalue weighted by molar-refractivity contribution is 5.94. The monoisotopic (exact) mass is 471 g/mol. The van der Waals surface area contributed by atoms with Crippen LogP contribution < -0.4 is 5.32 Å². The molecule has 0 aromatic heterocycles. The highest BCUT2D eigenvalue weighted by Crippen LogP contribution is 2.34. The van der Waals surface area contributed by atoms with Crippen molar-refractivity contribution in [2.24, 2.45) is 0 Å². The van der Waals surface area contributed by atoms with E-state index in [0.29, 0.717) is 12.1 Å². The predicted octanol–water partition coefficient (Wildman–Crippen LogP) is 3.28. The molecular weight excluding hydrogens is 438 g/mol. The molecule has 3 N–H and O–H groups in total. The summed E-state index contributed by atoms with van der Waals surface area (Å²) in [6, 6.07) is 27.5. The maximum Gasteiger partial charge on any atom is 0.251 e. The van der Waals surface area contributed by atoms with Gasteiger partial charge in [0.1, 0.15) is 0 Å². The van der Waals surface area contributed by atoms with Crippen LogP contribution in [0.5, 0.6) is 0 Å². The van der Waals surface area contributed by atoms with Crippen LogP contribution in [-0.4, -0.2) is 70.3 Å². The molecule has 0 bridgehead atoms. The number of nitrogens with one attached hydrogen (secondary N) is 1. The Kier molecular flexibility index (Phi) is 7.25. The van der Waals surface area contributed by atoms with Gasteiger partial charge in [0.15, 0.2) is 0 Å². The van der Waals surface area contributed by atoms with E-state index in [1.807, 2.05) is 72.8 Å². The lowest BCUT2D eigenvalue weighted by Gasteiger charge is -2.39. The topological polar surface area (TPSA) is 76.0 Å². The van der Waals surface area contributed by atoms with Crippen molar-refractivity contribution in [3.05, 3.63) is 96.1 Å². The smallest absolute Gasteiger partial charge is 0.251 e. The summed E-state index contributed by atoms with van der Waals surface area (Å²) in [6.45, 7) is 2.59. The number of amides is 1. The van der Waals surface area contributed by atoms with Crippen molar-refractivity contribution in [3.63, 3.8) is 0 Å². The van der Waals surface area contributed by atoms with Crippen molar-refractivity contribution in [2.75, 3.05) is 26.2 Å². The molecule has 6 heteroatoms. The molecule has 3 aromatic rings. The number of rotatable bonds is 7. The van der Waals surface area contributed by atoms with Gasteiger partial charge in [0.25, 0.3) is 5.91 Å². The first-order valence-corrected chi connectivity index (χ1v) is 12.5. The van der Waals surface area contributed by atoms with Crippen molar-refractivity contribution < 1.29 is 15.0 Å². The molecular formula is C29H33N3O3. The van der Waals surface area contributed by atoms with Gasteiger partial charge in [-0.05, 0) is 54.8 Å². The maximum atomic E-state index is 13.0. The van der Waals surface area contributed by atoms with Crippen molar-refractivity contribution in [2.45, 2.75) is 37.3 Å². The van der Waals surface area contributed by atoms with Crippen molar-refractivity contribution in [1.29, 1.82) is 0 Å². The summed E-state index contributed by atoms with van der Waals surface area (Å²) in [4.78, 5) is 17.5. The van der Waals surface area contributed by atoms with Gasteiger partial charge in [-0.1, -0.05) is 72.8 Å². The molecule has 3 aromatic carbocycles. The number of benzene rings is 3. The molecule has 4 atom stereocenters. The van der Waals surface area contributed by atoms with Crippen LogP contribution in [0.4, 0.5) is 0 Å². The summed E-state index contributed by atoms with van der Waals surface area (Å²) < 4.78 is 0. The van der Waals surface area contributed by atoms with Crippen LogP contribution in [0.1, 0.15) is 34.9 Å². The average Bonchev–Trinajstić information content (AvgIpc) is 3.53. The first kappa shape index (κ1) is 23.7. The van der Waals surface area contributed by atoms with Crippen molar-refractivity contribution in [3.8, 4) is 11.1 Å². The Bertz CT molecular complexity index is 1100. The van der Waals surface area contributed by atoms with E-state index in [-0.39, 0.29) is 24.7 Å². The minimum Gasteiger partial charge on any atom is -0.389 e. The van der Waals surface area contributed by atoms with Crippen LogP contribution in [0.15, 0.2) is 84.9 Å². The molecule has 6 nitrogen and oxygen atoms in total. The number of aliphatic hydroxyl groups excluding tert-OH is 2. The molecule has 0 aliphatic carbocycles. The van der Waals surface area contributed by atoms with Crippen LogP contribution in [0.25, 0.3) is 11.1 Å². The van der Waals surface area contributed by atoms with Gasteiger partial charge in [-0.2, -0.15) is 0 Å². The van der Waals surface area contributed by atoms with Gasteiger partial charge in [0.05, 0.1) is 24.4 Å². The fourth-order valence-electron chi connectivity index (χ4n) is 5.40. The van der Waals surface area contributed by atoms with Gasteiger partial charge in [-0.25, -0.2) is 0 Å². The third-order valence-electron chi connectivity index (χ3n) is 7.24. The molecule has 0 saturated carbocycles. The molecule has 35 heavy (non-hydrogen) atoms. The minimum absolute atomic E-state index is 0.0439. The van der Waals surface area contributed by atoms with E-state index in [2.05, 4.69) is 27.2 Å². The summed E-state index contributed by atoms with van der Waals surface area (Å²) in [5.41, 5.74) is 3.87. The first-order chi connectivity index (χ1) is 17.1. The Morgan fingerprint density at radius 2 is 1.46 bits per heavy atom. The third-order valence-corrected chi connectivity index (χ3v) is 7.24. The van der Waals surface area contributed by atoms with Crippen molar-refractivity contribution >= 4 is 5.91 Å². The van der Waals surface area contributed by atoms with Gasteiger partial charge in [-0.3, -0.25) is 14.6 Å². The quantitative estimate of drug-likeness (QED) is 0.493. The molecule has 2 aliphatic heterocycles. The van der Waals surface area contributed by atoms with Crippen LogP contribution >= 0.6 is 0 Å². The summed E-state index contributed by atoms with van der Waals surface area (Å²) in [5, 5.41) is 24.4. The number of β-amino-alcohol motifs (C(OH)–C–C–N with tert-alkyl or cyclic N) is 1. The lowest BCUT2D eigenvalue weighted by atomic mass is 10.0. The zero-order valence-electron chi connectivity index (χ0n) is 19.8. The third kappa shape index (κ3) is 5.16. The second kappa shape index (κ2) is 10.7. The normalized spacial score (nSPS) is 23.9. The predicted molar refractivity (Wildman–Crippen MR) is 137 cm³/mol. The van der Waals surface area contributed by atoms with Gasteiger partial charge in [0, 0.05) is 18.7 Å². The van der Waals surface area contributed by atoms with Crippen LogP contribution in [0, 0.1) is 0 Å². The molecule has 5 rings (SSSR count). The molecule has 2 fully saturated rings. The lowest BCUT2D eigenvalue weighted by Crippen LogP contribution is -2.50. The van der Waals surface area contributed by atoms with Gasteiger partial charge >= 0.3 is 0 Å². The summed E-state index contributed by atoms with van der Waals surface area (Å²) in [5.74, 6) is -0.185. The van der Waals surface area contributed by atoms with E-state index < -0.39 is 12.2 Å². The van der Waals surface area contributed by atoms with Crippen LogP contribution in [-0.2, 0) is 0 Å². The Labute approximate surface area is 206 Å². The molecule has 2 aliphatic rings. The maximum absolute atomic E-state index is 13.0. The Balaban J connectivity index is 1.31. The number of hydrogen-bond acceptors (Lipinski definition) is 5. The Morgan fingerprint density at radius 3 is 2.11 bits per heavy atom. The SMILES string of the molecule is O=C(NCC1C(O)C(O)CN1C(c1ccccc1)N1CCCC1)c1ccc(-c2ccccc2)cc1. The van der Waals surface area contributed by atoms with Crippen molar-refractivity contribution in [1.82, 2.24) is 15.1 Å². The summed E-state index contributed by atoms with van der Waals surface area (Å²) in [7, 11) is 0.